The highest BCUT2D eigenvalue weighted by Crippen LogP contribution is 2.02. The number of benzene rings is 1. The molecule has 0 bridgehead atoms. The smallest absolute Gasteiger partial charge is 0.186 e. The Bertz CT molecular complexity index is 559. The van der Waals surface area contributed by atoms with Crippen molar-refractivity contribution < 1.29 is 4.84 Å². The van der Waals surface area contributed by atoms with Crippen molar-refractivity contribution in [2.45, 2.75) is 6.61 Å². The average Bonchev–Trinajstić information content (AvgIpc) is 2.46. The van der Waals surface area contributed by atoms with Gasteiger partial charge < -0.3 is 4.84 Å². The molecule has 0 unspecified atom stereocenters. The minimum absolute atomic E-state index is 0.249. The zero-order valence-electron chi connectivity index (χ0n) is 9.65. The van der Waals surface area contributed by atoms with Gasteiger partial charge in [-0.15, -0.1) is 0 Å². The Hall–Kier alpha value is -2.67. The molecule has 88 valence electrons. The molecule has 1 aromatic carbocycles. The fourth-order valence-electron chi connectivity index (χ4n) is 1.38. The summed E-state index contributed by atoms with van der Waals surface area (Å²) in [6, 6.07) is 16.8. The first-order valence-electron chi connectivity index (χ1n) is 5.45. The molecular formula is C14H11N3O. The van der Waals surface area contributed by atoms with Crippen molar-refractivity contribution in [2.75, 3.05) is 0 Å². The Morgan fingerprint density at radius 2 is 1.94 bits per heavy atom. The maximum absolute atomic E-state index is 9.00. The fraction of sp³-hybridized carbons (Fsp3) is 0.0714. The van der Waals surface area contributed by atoms with Crippen molar-refractivity contribution in [2.24, 2.45) is 5.16 Å². The average molecular weight is 237 g/mol. The molecule has 0 saturated heterocycles. The van der Waals surface area contributed by atoms with E-state index < -0.39 is 0 Å². The summed E-state index contributed by atoms with van der Waals surface area (Å²) in [5, 5.41) is 12.8. The monoisotopic (exact) mass is 237 g/mol. The Kier molecular flexibility index (Phi) is 4.04. The molecule has 4 heteroatoms. The second-order valence-corrected chi connectivity index (χ2v) is 3.51. The number of pyridine rings is 1. The molecule has 0 fully saturated rings. The van der Waals surface area contributed by atoms with Crippen LogP contribution in [0.1, 0.15) is 11.3 Å². The molecular weight excluding hydrogens is 226 g/mol. The van der Waals surface area contributed by atoms with Crippen LogP contribution < -0.4 is 0 Å². The molecule has 0 aliphatic heterocycles. The van der Waals surface area contributed by atoms with E-state index in [2.05, 4.69) is 10.1 Å². The second kappa shape index (κ2) is 6.16. The maximum Gasteiger partial charge on any atom is 0.186 e. The number of hydrogen-bond acceptors (Lipinski definition) is 4. The van der Waals surface area contributed by atoms with Crippen LogP contribution in [-0.4, -0.2) is 10.7 Å². The Morgan fingerprint density at radius 3 is 2.61 bits per heavy atom. The lowest BCUT2D eigenvalue weighted by molar-refractivity contribution is 0.128. The van der Waals surface area contributed by atoms with E-state index in [1.807, 2.05) is 54.6 Å². The SMILES string of the molecule is N#C/C(=N\OCc1ccccn1)c1ccccc1. The normalized spacial score (nSPS) is 10.7. The summed E-state index contributed by atoms with van der Waals surface area (Å²) in [4.78, 5) is 9.23. The van der Waals surface area contributed by atoms with Crippen molar-refractivity contribution in [3.05, 3.63) is 66.0 Å². The zero-order valence-corrected chi connectivity index (χ0v) is 9.65. The fourth-order valence-corrected chi connectivity index (χ4v) is 1.38. The van der Waals surface area contributed by atoms with E-state index in [1.54, 1.807) is 6.20 Å². The number of nitriles is 1. The third-order valence-corrected chi connectivity index (χ3v) is 2.25. The van der Waals surface area contributed by atoms with Crippen molar-refractivity contribution in [3.63, 3.8) is 0 Å². The van der Waals surface area contributed by atoms with Gasteiger partial charge in [0, 0.05) is 11.8 Å². The van der Waals surface area contributed by atoms with Gasteiger partial charge in [-0.1, -0.05) is 41.6 Å². The lowest BCUT2D eigenvalue weighted by Gasteiger charge is -2.00. The van der Waals surface area contributed by atoms with Crippen LogP contribution in [0.15, 0.2) is 59.9 Å². The quantitative estimate of drug-likeness (QED) is 0.606. The molecule has 1 heterocycles. The molecule has 0 N–H and O–H groups in total. The number of aromatic nitrogens is 1. The molecule has 2 rings (SSSR count). The lowest BCUT2D eigenvalue weighted by atomic mass is 10.1. The molecule has 0 aliphatic carbocycles. The standard InChI is InChI=1S/C14H11N3O/c15-10-14(12-6-2-1-3-7-12)17-18-11-13-8-4-5-9-16-13/h1-9H,11H2/b17-14+. The van der Waals surface area contributed by atoms with Crippen LogP contribution in [0.2, 0.25) is 0 Å². The molecule has 1 aromatic heterocycles. The minimum atomic E-state index is 0.249. The number of oxime groups is 1. The summed E-state index contributed by atoms with van der Waals surface area (Å²) < 4.78 is 0. The maximum atomic E-state index is 9.00. The van der Waals surface area contributed by atoms with Gasteiger partial charge in [0.2, 0.25) is 0 Å². The number of nitrogens with zero attached hydrogens (tertiary/aromatic N) is 3. The largest absolute Gasteiger partial charge is 0.388 e. The Labute approximate surface area is 105 Å². The van der Waals surface area contributed by atoms with Gasteiger partial charge in [0.05, 0.1) is 5.69 Å². The van der Waals surface area contributed by atoms with Gasteiger partial charge in [0.15, 0.2) is 12.3 Å². The molecule has 0 atom stereocenters. The highest BCUT2D eigenvalue weighted by atomic mass is 16.6. The first kappa shape index (κ1) is 11.8. The van der Waals surface area contributed by atoms with Crippen LogP contribution in [0.5, 0.6) is 0 Å². The molecule has 18 heavy (non-hydrogen) atoms. The molecule has 2 aromatic rings. The van der Waals surface area contributed by atoms with E-state index in [0.29, 0.717) is 0 Å². The first-order chi connectivity index (χ1) is 8.90. The summed E-state index contributed by atoms with van der Waals surface area (Å²) in [5.41, 5.74) is 1.76. The van der Waals surface area contributed by atoms with Gasteiger partial charge in [-0.25, -0.2) is 0 Å². The van der Waals surface area contributed by atoms with E-state index in [4.69, 9.17) is 10.1 Å². The summed E-state index contributed by atoms with van der Waals surface area (Å²) >= 11 is 0. The summed E-state index contributed by atoms with van der Waals surface area (Å²) in [6.45, 7) is 0.249. The van der Waals surface area contributed by atoms with Crippen LogP contribution in [-0.2, 0) is 11.4 Å². The molecule has 0 radical (unpaired) electrons. The van der Waals surface area contributed by atoms with Crippen molar-refractivity contribution in [3.8, 4) is 6.07 Å². The van der Waals surface area contributed by atoms with Crippen molar-refractivity contribution in [1.82, 2.24) is 4.98 Å². The number of hydrogen-bond donors (Lipinski definition) is 0. The zero-order chi connectivity index (χ0) is 12.6. The van der Waals surface area contributed by atoms with Crippen LogP contribution in [0.25, 0.3) is 0 Å². The summed E-state index contributed by atoms with van der Waals surface area (Å²) in [7, 11) is 0. The van der Waals surface area contributed by atoms with Crippen LogP contribution in [0.4, 0.5) is 0 Å². The number of rotatable bonds is 4. The summed E-state index contributed by atoms with van der Waals surface area (Å²) in [6.07, 6.45) is 1.69. The molecule has 0 spiro atoms. The molecule has 4 nitrogen and oxygen atoms in total. The highest BCUT2D eigenvalue weighted by molar-refractivity contribution is 6.11. The van der Waals surface area contributed by atoms with Gasteiger partial charge in [0.25, 0.3) is 0 Å². The van der Waals surface area contributed by atoms with Gasteiger partial charge in [0.1, 0.15) is 6.07 Å². The third-order valence-electron chi connectivity index (χ3n) is 2.25. The lowest BCUT2D eigenvalue weighted by Crippen LogP contribution is -1.99. The molecule has 0 saturated carbocycles. The third kappa shape index (κ3) is 3.16. The van der Waals surface area contributed by atoms with Gasteiger partial charge in [-0.2, -0.15) is 5.26 Å². The van der Waals surface area contributed by atoms with E-state index in [1.165, 1.54) is 0 Å². The highest BCUT2D eigenvalue weighted by Gasteiger charge is 2.02. The van der Waals surface area contributed by atoms with Gasteiger partial charge in [-0.3, -0.25) is 4.98 Å². The predicted octanol–water partition coefficient (Wildman–Crippen LogP) is 2.53. The predicted molar refractivity (Wildman–Crippen MR) is 67.6 cm³/mol. The minimum Gasteiger partial charge on any atom is -0.388 e. The summed E-state index contributed by atoms with van der Waals surface area (Å²) in [5.74, 6) is 0. The van der Waals surface area contributed by atoms with E-state index in [9.17, 15) is 0 Å². The molecule has 0 amide bonds. The second-order valence-electron chi connectivity index (χ2n) is 3.51. The van der Waals surface area contributed by atoms with Crippen molar-refractivity contribution >= 4 is 5.71 Å². The topological polar surface area (TPSA) is 58.3 Å². The molecule has 0 aliphatic rings. The first-order valence-corrected chi connectivity index (χ1v) is 5.45. The van der Waals surface area contributed by atoms with Gasteiger partial charge >= 0.3 is 0 Å². The Morgan fingerprint density at radius 1 is 1.17 bits per heavy atom. The Balaban J connectivity index is 2.02. The van der Waals surface area contributed by atoms with E-state index in [-0.39, 0.29) is 12.3 Å². The van der Waals surface area contributed by atoms with Gasteiger partial charge in [-0.05, 0) is 12.1 Å². The van der Waals surface area contributed by atoms with Crippen LogP contribution in [0, 0.1) is 11.3 Å². The van der Waals surface area contributed by atoms with E-state index >= 15 is 0 Å². The van der Waals surface area contributed by atoms with E-state index in [0.717, 1.165) is 11.3 Å². The van der Waals surface area contributed by atoms with Crippen LogP contribution in [0.3, 0.4) is 0 Å². The van der Waals surface area contributed by atoms with Crippen LogP contribution >= 0.6 is 0 Å². The van der Waals surface area contributed by atoms with Crippen molar-refractivity contribution in [1.29, 1.82) is 5.26 Å².